The summed E-state index contributed by atoms with van der Waals surface area (Å²) in [4.78, 5) is 4.45. The van der Waals surface area contributed by atoms with Crippen LogP contribution in [0.5, 0.6) is 0 Å². The van der Waals surface area contributed by atoms with E-state index in [0.29, 0.717) is 5.92 Å². The minimum Gasteiger partial charge on any atom is -0.279 e. The molecule has 0 aliphatic carbocycles. The average Bonchev–Trinajstić information content (AvgIpc) is 1.67. The summed E-state index contributed by atoms with van der Waals surface area (Å²) < 4.78 is 0. The third kappa shape index (κ3) is 1.80. The monoisotopic (exact) mass is 116 g/mol. The summed E-state index contributed by atoms with van der Waals surface area (Å²) >= 11 is 0. The van der Waals surface area contributed by atoms with E-state index in [1.165, 1.54) is 0 Å². The highest BCUT2D eigenvalue weighted by Gasteiger charge is 2.21. The fraction of sp³-hybridized carbons (Fsp3) is 1.00. The van der Waals surface area contributed by atoms with Gasteiger partial charge in [0.2, 0.25) is 0 Å². The van der Waals surface area contributed by atoms with Gasteiger partial charge in [-0.25, -0.2) is 0 Å². The standard InChI is InChI=1S/C6H14NO/c1-5(2)6(3,4)8-7/h5,7H,1-4H3. The quantitative estimate of drug-likeness (QED) is 0.505. The van der Waals surface area contributed by atoms with Crippen LogP contribution in [-0.4, -0.2) is 5.60 Å². The summed E-state index contributed by atoms with van der Waals surface area (Å²) in [5.74, 6) is 7.04. The average molecular weight is 116 g/mol. The normalized spacial score (nSPS) is 12.8. The van der Waals surface area contributed by atoms with Gasteiger partial charge in [0.1, 0.15) is 0 Å². The first-order valence-corrected chi connectivity index (χ1v) is 2.85. The van der Waals surface area contributed by atoms with Crippen molar-refractivity contribution in [3.8, 4) is 0 Å². The molecule has 0 saturated carbocycles. The van der Waals surface area contributed by atoms with Gasteiger partial charge in [-0.05, 0) is 19.8 Å². The summed E-state index contributed by atoms with van der Waals surface area (Å²) in [6.07, 6.45) is 0. The Morgan fingerprint density at radius 2 is 1.75 bits per heavy atom. The largest absolute Gasteiger partial charge is 0.279 e. The Labute approximate surface area is 51.0 Å². The molecule has 8 heavy (non-hydrogen) atoms. The van der Waals surface area contributed by atoms with Crippen molar-refractivity contribution in [3.05, 3.63) is 0 Å². The molecule has 0 fully saturated rings. The number of hydrogen-bond donors (Lipinski definition) is 0. The highest BCUT2D eigenvalue weighted by Crippen LogP contribution is 2.17. The van der Waals surface area contributed by atoms with E-state index in [9.17, 15) is 0 Å². The molecule has 0 aliphatic heterocycles. The maximum atomic E-state index is 6.64. The summed E-state index contributed by atoms with van der Waals surface area (Å²) in [6.45, 7) is 7.89. The first-order valence-electron chi connectivity index (χ1n) is 2.85. The van der Waals surface area contributed by atoms with Gasteiger partial charge in [0.05, 0.1) is 5.60 Å². The van der Waals surface area contributed by atoms with Gasteiger partial charge in [-0.2, -0.15) is 0 Å². The highest BCUT2D eigenvalue weighted by molar-refractivity contribution is 4.70. The van der Waals surface area contributed by atoms with Crippen molar-refractivity contribution in [1.82, 2.24) is 5.90 Å². The molecule has 1 N–H and O–H groups in total. The molecular weight excluding hydrogens is 102 g/mol. The fourth-order valence-electron chi connectivity index (χ4n) is 0.118. The van der Waals surface area contributed by atoms with Gasteiger partial charge in [0.15, 0.2) is 0 Å². The lowest BCUT2D eigenvalue weighted by Crippen LogP contribution is -2.30. The molecule has 0 bridgehead atoms. The van der Waals surface area contributed by atoms with Gasteiger partial charge < -0.3 is 0 Å². The van der Waals surface area contributed by atoms with Crippen LogP contribution in [0, 0.1) is 5.92 Å². The molecule has 1 radical (unpaired) electrons. The molecule has 49 valence electrons. The minimum absolute atomic E-state index is 0.292. The van der Waals surface area contributed by atoms with Crippen LogP contribution in [-0.2, 0) is 4.84 Å². The molecular formula is C6H14NO. The van der Waals surface area contributed by atoms with Crippen LogP contribution in [0.15, 0.2) is 0 Å². The molecule has 0 aromatic heterocycles. The lowest BCUT2D eigenvalue weighted by Gasteiger charge is -2.24. The molecule has 0 atom stereocenters. The molecule has 0 spiro atoms. The van der Waals surface area contributed by atoms with Gasteiger partial charge >= 0.3 is 0 Å². The highest BCUT2D eigenvalue weighted by atomic mass is 16.6. The number of hydrogen-bond acceptors (Lipinski definition) is 1. The van der Waals surface area contributed by atoms with E-state index >= 15 is 0 Å². The van der Waals surface area contributed by atoms with Gasteiger partial charge in [-0.3, -0.25) is 4.84 Å². The second kappa shape index (κ2) is 2.46. The Balaban J connectivity index is 3.71. The molecule has 0 heterocycles. The molecule has 0 amide bonds. The summed E-state index contributed by atoms with van der Waals surface area (Å²) in [5, 5.41) is 0. The third-order valence-corrected chi connectivity index (χ3v) is 1.65. The van der Waals surface area contributed by atoms with Crippen molar-refractivity contribution >= 4 is 0 Å². The first-order chi connectivity index (χ1) is 3.50. The Morgan fingerprint density at radius 1 is 1.38 bits per heavy atom. The lowest BCUT2D eigenvalue weighted by molar-refractivity contribution is -0.0647. The summed E-state index contributed by atoms with van der Waals surface area (Å²) in [5.41, 5.74) is -0.292. The van der Waals surface area contributed by atoms with Crippen molar-refractivity contribution in [2.45, 2.75) is 33.3 Å². The fourth-order valence-corrected chi connectivity index (χ4v) is 0.118. The van der Waals surface area contributed by atoms with Gasteiger partial charge in [-0.1, -0.05) is 13.8 Å². The Morgan fingerprint density at radius 3 is 1.75 bits per heavy atom. The summed E-state index contributed by atoms with van der Waals surface area (Å²) in [7, 11) is 0. The minimum atomic E-state index is -0.292. The number of nitrogens with one attached hydrogen (secondary N) is 1. The van der Waals surface area contributed by atoms with Crippen LogP contribution in [0.2, 0.25) is 0 Å². The van der Waals surface area contributed by atoms with E-state index in [2.05, 4.69) is 4.84 Å². The van der Waals surface area contributed by atoms with Crippen molar-refractivity contribution in [2.75, 3.05) is 0 Å². The zero-order chi connectivity index (χ0) is 6.78. The van der Waals surface area contributed by atoms with Gasteiger partial charge in [-0.15, -0.1) is 5.90 Å². The van der Waals surface area contributed by atoms with Crippen molar-refractivity contribution in [2.24, 2.45) is 5.92 Å². The Bertz CT molecular complexity index is 68.9. The van der Waals surface area contributed by atoms with E-state index in [1.807, 2.05) is 27.7 Å². The van der Waals surface area contributed by atoms with E-state index in [0.717, 1.165) is 0 Å². The topological polar surface area (TPSA) is 33.0 Å². The van der Waals surface area contributed by atoms with Crippen LogP contribution in [0.25, 0.3) is 0 Å². The van der Waals surface area contributed by atoms with Crippen molar-refractivity contribution < 1.29 is 4.84 Å². The SMILES string of the molecule is CC(C)C(C)(C)O[NH]. The molecule has 0 aromatic carbocycles. The zero-order valence-electron chi connectivity index (χ0n) is 5.99. The molecule has 0 saturated heterocycles. The van der Waals surface area contributed by atoms with Crippen molar-refractivity contribution in [1.29, 1.82) is 0 Å². The maximum absolute atomic E-state index is 6.64. The van der Waals surface area contributed by atoms with E-state index in [-0.39, 0.29) is 5.60 Å². The van der Waals surface area contributed by atoms with E-state index < -0.39 is 0 Å². The van der Waals surface area contributed by atoms with E-state index in [1.54, 1.807) is 0 Å². The van der Waals surface area contributed by atoms with Crippen LogP contribution >= 0.6 is 0 Å². The lowest BCUT2D eigenvalue weighted by atomic mass is 9.95. The molecule has 2 heteroatoms. The Kier molecular flexibility index (Phi) is 2.44. The van der Waals surface area contributed by atoms with Crippen molar-refractivity contribution in [3.63, 3.8) is 0 Å². The van der Waals surface area contributed by atoms with E-state index in [4.69, 9.17) is 5.90 Å². The maximum Gasteiger partial charge on any atom is 0.0880 e. The van der Waals surface area contributed by atoms with Crippen LogP contribution < -0.4 is 5.90 Å². The smallest absolute Gasteiger partial charge is 0.0880 e. The van der Waals surface area contributed by atoms with Crippen LogP contribution in [0.3, 0.4) is 0 Å². The van der Waals surface area contributed by atoms with Gasteiger partial charge in [0.25, 0.3) is 0 Å². The summed E-state index contributed by atoms with van der Waals surface area (Å²) in [6, 6.07) is 0. The third-order valence-electron chi connectivity index (χ3n) is 1.65. The van der Waals surface area contributed by atoms with Crippen LogP contribution in [0.4, 0.5) is 0 Å². The zero-order valence-corrected chi connectivity index (χ0v) is 5.99. The molecule has 0 unspecified atom stereocenters. The molecule has 0 aromatic rings. The second-order valence-corrected chi connectivity index (χ2v) is 2.86. The molecule has 0 aliphatic rings. The second-order valence-electron chi connectivity index (χ2n) is 2.86. The molecule has 2 nitrogen and oxygen atoms in total. The first kappa shape index (κ1) is 7.92. The number of rotatable bonds is 2. The molecule has 0 rings (SSSR count). The predicted molar refractivity (Wildman–Crippen MR) is 33.1 cm³/mol. The van der Waals surface area contributed by atoms with Crippen LogP contribution in [0.1, 0.15) is 27.7 Å². The predicted octanol–water partition coefficient (Wildman–Crippen LogP) is 1.64. The Hall–Kier alpha value is -0.0800. The van der Waals surface area contributed by atoms with Gasteiger partial charge in [0, 0.05) is 0 Å².